The number of alkyl halides is 6. The van der Waals surface area contributed by atoms with Gasteiger partial charge in [0.15, 0.2) is 0 Å². The molecule has 0 bridgehead atoms. The summed E-state index contributed by atoms with van der Waals surface area (Å²) < 4.78 is 76.1. The maximum absolute atomic E-state index is 12.7. The topological polar surface area (TPSA) is 92.2 Å². The molecular formula is C11H9F6N2O2-. The molecule has 0 fully saturated rings. The van der Waals surface area contributed by atoms with Gasteiger partial charge in [-0.2, -0.15) is 26.3 Å². The van der Waals surface area contributed by atoms with E-state index in [1.54, 1.807) is 0 Å². The molecule has 0 saturated carbocycles. The maximum Gasteiger partial charge on any atom is 0.418 e. The Balaban J connectivity index is 3.44. The van der Waals surface area contributed by atoms with Gasteiger partial charge in [0.2, 0.25) is 0 Å². The van der Waals surface area contributed by atoms with Crippen LogP contribution in [0.5, 0.6) is 0 Å². The van der Waals surface area contributed by atoms with Crippen molar-refractivity contribution in [2.45, 2.75) is 24.8 Å². The van der Waals surface area contributed by atoms with E-state index in [0.29, 0.717) is 12.1 Å². The van der Waals surface area contributed by atoms with E-state index < -0.39 is 53.2 Å². The minimum absolute atomic E-state index is 0.341. The van der Waals surface area contributed by atoms with Gasteiger partial charge in [-0.3, -0.25) is 0 Å². The van der Waals surface area contributed by atoms with Crippen LogP contribution in [0.1, 0.15) is 16.7 Å². The van der Waals surface area contributed by atoms with Crippen LogP contribution in [-0.2, 0) is 23.6 Å². The van der Waals surface area contributed by atoms with E-state index in [1.807, 2.05) is 0 Å². The third-order valence-electron chi connectivity index (χ3n) is 2.61. The fraction of sp³-hybridized carbons (Fsp3) is 0.364. The van der Waals surface area contributed by atoms with Gasteiger partial charge in [0.25, 0.3) is 0 Å². The van der Waals surface area contributed by atoms with Gasteiger partial charge in [0.05, 0.1) is 22.8 Å². The van der Waals surface area contributed by atoms with Crippen molar-refractivity contribution in [1.29, 1.82) is 0 Å². The fourth-order valence-electron chi connectivity index (χ4n) is 1.64. The zero-order valence-corrected chi connectivity index (χ0v) is 10.2. The summed E-state index contributed by atoms with van der Waals surface area (Å²) in [6.07, 6.45) is -11.0. The fourth-order valence-corrected chi connectivity index (χ4v) is 1.64. The number of aliphatic carboxylic acids is 1. The first-order valence-corrected chi connectivity index (χ1v) is 5.37. The number of rotatable bonds is 3. The molecule has 0 radical (unpaired) electrons. The summed E-state index contributed by atoms with van der Waals surface area (Å²) in [7, 11) is 0. The molecule has 21 heavy (non-hydrogen) atoms. The number of nitrogen functional groups attached to an aromatic ring is 1. The molecule has 1 rings (SSSR count). The van der Waals surface area contributed by atoms with E-state index in [0.717, 1.165) is 0 Å². The summed E-state index contributed by atoms with van der Waals surface area (Å²) in [5, 5.41) is 10.4. The molecule has 0 aliphatic carbocycles. The van der Waals surface area contributed by atoms with E-state index in [-0.39, 0.29) is 0 Å². The standard InChI is InChI=1S/C11H10F6N2O2/c12-10(13,14)5-1-4(3-7(18)9(20)21)2-6(8(5)19)11(15,16)17/h1-2,7H,3,18-19H2,(H,20,21)/p-1/t7-/m1/s1. The Hall–Kier alpha value is -1.97. The molecule has 4 nitrogen and oxygen atoms in total. The van der Waals surface area contributed by atoms with Crippen molar-refractivity contribution in [3.63, 3.8) is 0 Å². The summed E-state index contributed by atoms with van der Waals surface area (Å²) in [6.45, 7) is 0. The normalized spacial score (nSPS) is 14.0. The van der Waals surface area contributed by atoms with Crippen LogP contribution in [-0.4, -0.2) is 12.0 Å². The van der Waals surface area contributed by atoms with Crippen molar-refractivity contribution in [3.8, 4) is 0 Å². The third kappa shape index (κ3) is 4.00. The molecular weight excluding hydrogens is 306 g/mol. The maximum atomic E-state index is 12.7. The molecule has 0 unspecified atom stereocenters. The summed E-state index contributed by atoms with van der Waals surface area (Å²) >= 11 is 0. The van der Waals surface area contributed by atoms with Crippen LogP contribution in [0.2, 0.25) is 0 Å². The van der Waals surface area contributed by atoms with Gasteiger partial charge in [0.1, 0.15) is 0 Å². The lowest BCUT2D eigenvalue weighted by Gasteiger charge is -2.19. The van der Waals surface area contributed by atoms with Crippen LogP contribution >= 0.6 is 0 Å². The lowest BCUT2D eigenvalue weighted by atomic mass is 9.98. The molecule has 0 spiro atoms. The number of carboxylic acids is 1. The number of hydrogen-bond acceptors (Lipinski definition) is 4. The van der Waals surface area contributed by atoms with Crippen LogP contribution in [0.25, 0.3) is 0 Å². The van der Waals surface area contributed by atoms with Crippen LogP contribution < -0.4 is 16.6 Å². The molecule has 0 aliphatic heterocycles. The number of carbonyl (C=O) groups is 1. The van der Waals surface area contributed by atoms with Crippen molar-refractivity contribution in [1.82, 2.24) is 0 Å². The monoisotopic (exact) mass is 315 g/mol. The highest BCUT2D eigenvalue weighted by molar-refractivity contribution is 5.71. The Morgan fingerprint density at radius 3 is 1.76 bits per heavy atom. The lowest BCUT2D eigenvalue weighted by molar-refractivity contribution is -0.307. The second kappa shape index (κ2) is 5.43. The van der Waals surface area contributed by atoms with Crippen LogP contribution in [0, 0.1) is 0 Å². The first-order valence-electron chi connectivity index (χ1n) is 5.37. The summed E-state index contributed by atoms with van der Waals surface area (Å²) in [4.78, 5) is 10.4. The predicted molar refractivity (Wildman–Crippen MR) is 57.5 cm³/mol. The number of anilines is 1. The number of benzene rings is 1. The number of hydrogen-bond donors (Lipinski definition) is 2. The summed E-state index contributed by atoms with van der Waals surface area (Å²) in [5.74, 6) is -1.80. The summed E-state index contributed by atoms with van der Waals surface area (Å²) in [5.41, 5.74) is 4.54. The Bertz CT molecular complexity index is 518. The van der Waals surface area contributed by atoms with Gasteiger partial charge < -0.3 is 21.4 Å². The highest BCUT2D eigenvalue weighted by Gasteiger charge is 2.40. The minimum atomic E-state index is -5.12. The predicted octanol–water partition coefficient (Wildman–Crippen LogP) is 0.926. The first kappa shape index (κ1) is 17.1. The Morgan fingerprint density at radius 1 is 1.10 bits per heavy atom. The van der Waals surface area contributed by atoms with Crippen LogP contribution in [0.4, 0.5) is 32.0 Å². The van der Waals surface area contributed by atoms with E-state index in [4.69, 9.17) is 11.5 Å². The Labute approximate surface area is 114 Å². The first-order chi connectivity index (χ1) is 9.34. The van der Waals surface area contributed by atoms with E-state index in [2.05, 4.69) is 0 Å². The van der Waals surface area contributed by atoms with Gasteiger partial charge in [-0.25, -0.2) is 0 Å². The highest BCUT2D eigenvalue weighted by atomic mass is 19.4. The van der Waals surface area contributed by atoms with Gasteiger partial charge in [-0.05, 0) is 24.1 Å². The van der Waals surface area contributed by atoms with E-state index in [9.17, 15) is 36.2 Å². The van der Waals surface area contributed by atoms with Gasteiger partial charge in [-0.1, -0.05) is 0 Å². The van der Waals surface area contributed by atoms with Crippen molar-refractivity contribution >= 4 is 11.7 Å². The molecule has 10 heteroatoms. The molecule has 0 aliphatic rings. The number of carbonyl (C=O) groups excluding carboxylic acids is 1. The smallest absolute Gasteiger partial charge is 0.418 e. The summed E-state index contributed by atoms with van der Waals surface area (Å²) in [6, 6.07) is -1.06. The quantitative estimate of drug-likeness (QED) is 0.641. The number of carboxylic acid groups (broad SMARTS) is 1. The average Bonchev–Trinajstić information content (AvgIpc) is 2.27. The number of nitrogens with two attached hydrogens (primary N) is 2. The van der Waals surface area contributed by atoms with Crippen LogP contribution in [0.15, 0.2) is 12.1 Å². The second-order valence-electron chi connectivity index (χ2n) is 4.23. The van der Waals surface area contributed by atoms with E-state index in [1.165, 1.54) is 0 Å². The third-order valence-corrected chi connectivity index (χ3v) is 2.61. The molecule has 118 valence electrons. The van der Waals surface area contributed by atoms with Crippen molar-refractivity contribution in [2.75, 3.05) is 5.73 Å². The molecule has 1 atom stereocenters. The largest absolute Gasteiger partial charge is 0.548 e. The zero-order chi connectivity index (χ0) is 16.6. The minimum Gasteiger partial charge on any atom is -0.548 e. The van der Waals surface area contributed by atoms with E-state index >= 15 is 0 Å². The van der Waals surface area contributed by atoms with Gasteiger partial charge in [-0.15, -0.1) is 0 Å². The van der Waals surface area contributed by atoms with Gasteiger partial charge in [0, 0.05) is 6.04 Å². The molecule has 0 heterocycles. The Kier molecular flexibility index (Phi) is 4.42. The number of halogens is 6. The van der Waals surface area contributed by atoms with Gasteiger partial charge >= 0.3 is 12.4 Å². The van der Waals surface area contributed by atoms with Crippen molar-refractivity contribution < 1.29 is 36.2 Å². The zero-order valence-electron chi connectivity index (χ0n) is 10.2. The molecule has 1 aromatic carbocycles. The Morgan fingerprint density at radius 2 is 1.48 bits per heavy atom. The highest BCUT2D eigenvalue weighted by Crippen LogP contribution is 2.42. The average molecular weight is 315 g/mol. The van der Waals surface area contributed by atoms with Crippen LogP contribution in [0.3, 0.4) is 0 Å². The lowest BCUT2D eigenvalue weighted by Crippen LogP contribution is -2.43. The SMILES string of the molecule is Nc1c(C(F)(F)F)cc(C[C@@H](N)C(=O)[O-])cc1C(F)(F)F. The molecule has 0 amide bonds. The molecule has 1 aromatic rings. The van der Waals surface area contributed by atoms with Crippen molar-refractivity contribution in [3.05, 3.63) is 28.8 Å². The van der Waals surface area contributed by atoms with Crippen molar-refractivity contribution in [2.24, 2.45) is 5.73 Å². The molecule has 4 N–H and O–H groups in total. The molecule has 0 saturated heterocycles. The second-order valence-corrected chi connectivity index (χ2v) is 4.23. The molecule has 0 aromatic heterocycles.